The van der Waals surface area contributed by atoms with Gasteiger partial charge in [0.05, 0.1) is 13.0 Å². The number of aromatic nitrogens is 1. The van der Waals surface area contributed by atoms with Gasteiger partial charge in [0.25, 0.3) is 0 Å². The molecule has 0 fully saturated rings. The van der Waals surface area contributed by atoms with Crippen LogP contribution < -0.4 is 9.47 Å². The number of hydrogen-bond donors (Lipinski definition) is 0. The second-order valence-corrected chi connectivity index (χ2v) is 6.30. The zero-order chi connectivity index (χ0) is 16.5. The summed E-state index contributed by atoms with van der Waals surface area (Å²) in [7, 11) is 1.65. The highest BCUT2D eigenvalue weighted by molar-refractivity contribution is 5.80. The summed E-state index contributed by atoms with van der Waals surface area (Å²) in [5.41, 5.74) is 3.30. The van der Waals surface area contributed by atoms with Crippen LogP contribution in [0.25, 0.3) is 0 Å². The minimum Gasteiger partial charge on any atom is -0.497 e. The van der Waals surface area contributed by atoms with Crippen molar-refractivity contribution < 1.29 is 14.3 Å². The largest absolute Gasteiger partial charge is 0.497 e. The third kappa shape index (κ3) is 2.70. The minimum absolute atomic E-state index is 0.136. The van der Waals surface area contributed by atoms with Gasteiger partial charge < -0.3 is 14.4 Å². The van der Waals surface area contributed by atoms with E-state index in [1.165, 1.54) is 0 Å². The number of hydrogen-bond acceptors (Lipinski definition) is 4. The van der Waals surface area contributed by atoms with E-state index in [9.17, 15) is 4.79 Å². The lowest BCUT2D eigenvalue weighted by Gasteiger charge is -2.33. The van der Waals surface area contributed by atoms with E-state index in [4.69, 9.17) is 9.47 Å². The van der Waals surface area contributed by atoms with Crippen LogP contribution in [0.15, 0.2) is 36.5 Å². The lowest BCUT2D eigenvalue weighted by Crippen LogP contribution is -2.43. The Hall–Kier alpha value is -2.56. The quantitative estimate of drug-likeness (QED) is 0.850. The van der Waals surface area contributed by atoms with Crippen LogP contribution in [-0.4, -0.2) is 36.1 Å². The fourth-order valence-electron chi connectivity index (χ4n) is 3.47. The maximum atomic E-state index is 12.9. The highest BCUT2D eigenvalue weighted by atomic mass is 16.5. The number of amides is 1. The van der Waals surface area contributed by atoms with Gasteiger partial charge in [0.2, 0.25) is 5.91 Å². The predicted octanol–water partition coefficient (Wildman–Crippen LogP) is 2.23. The van der Waals surface area contributed by atoms with Gasteiger partial charge >= 0.3 is 0 Å². The molecular formula is C19H20N2O3. The van der Waals surface area contributed by atoms with Gasteiger partial charge in [-0.05, 0) is 41.8 Å². The van der Waals surface area contributed by atoms with E-state index in [0.29, 0.717) is 19.6 Å². The molecule has 1 atom stereocenters. The van der Waals surface area contributed by atoms with Crippen molar-refractivity contribution in [3.05, 3.63) is 53.3 Å². The number of fused-ring (bicyclic) bond motifs is 2. The summed E-state index contributed by atoms with van der Waals surface area (Å²) in [6.45, 7) is 1.81. The van der Waals surface area contributed by atoms with Gasteiger partial charge in [-0.3, -0.25) is 9.78 Å². The Morgan fingerprint density at radius 1 is 1.33 bits per heavy atom. The van der Waals surface area contributed by atoms with Crippen molar-refractivity contribution in [1.82, 2.24) is 9.88 Å². The second kappa shape index (κ2) is 6.15. The number of nitrogens with zero attached hydrogens (tertiary/aromatic N) is 2. The number of ether oxygens (including phenoxy) is 2. The molecule has 2 aromatic rings. The third-order valence-corrected chi connectivity index (χ3v) is 4.80. The SMILES string of the molecule is COc1ccc2c(c1)C[C@H](C(=O)N1CCc3ncccc3C1)CO2. The number of rotatable bonds is 2. The molecule has 5 heteroatoms. The van der Waals surface area contributed by atoms with Crippen LogP contribution in [0.2, 0.25) is 0 Å². The maximum absolute atomic E-state index is 12.9. The number of carbonyl (C=O) groups is 1. The first-order valence-electron chi connectivity index (χ1n) is 8.26. The van der Waals surface area contributed by atoms with Crippen molar-refractivity contribution in [2.75, 3.05) is 20.3 Å². The van der Waals surface area contributed by atoms with Crippen LogP contribution in [-0.2, 0) is 24.2 Å². The third-order valence-electron chi connectivity index (χ3n) is 4.80. The molecule has 3 heterocycles. The van der Waals surface area contributed by atoms with Gasteiger partial charge in [0.1, 0.15) is 18.1 Å². The van der Waals surface area contributed by atoms with E-state index in [1.807, 2.05) is 35.4 Å². The molecule has 0 spiro atoms. The molecule has 0 N–H and O–H groups in total. The number of carbonyl (C=O) groups excluding carboxylic acids is 1. The zero-order valence-electron chi connectivity index (χ0n) is 13.7. The summed E-state index contributed by atoms with van der Waals surface area (Å²) in [6, 6.07) is 9.75. The molecule has 2 aliphatic rings. The zero-order valence-corrected chi connectivity index (χ0v) is 13.7. The molecule has 2 aliphatic heterocycles. The summed E-state index contributed by atoms with van der Waals surface area (Å²) < 4.78 is 11.1. The minimum atomic E-state index is -0.136. The first-order valence-corrected chi connectivity index (χ1v) is 8.26. The first-order chi connectivity index (χ1) is 11.7. The monoisotopic (exact) mass is 324 g/mol. The van der Waals surface area contributed by atoms with Gasteiger partial charge in [-0.1, -0.05) is 6.07 Å². The fraction of sp³-hybridized carbons (Fsp3) is 0.368. The predicted molar refractivity (Wildman–Crippen MR) is 89.0 cm³/mol. The smallest absolute Gasteiger partial charge is 0.229 e. The van der Waals surface area contributed by atoms with E-state index in [0.717, 1.165) is 41.3 Å². The molecule has 0 aliphatic carbocycles. The molecule has 24 heavy (non-hydrogen) atoms. The average Bonchev–Trinajstić information content (AvgIpc) is 2.66. The molecule has 1 amide bonds. The number of methoxy groups -OCH3 is 1. The van der Waals surface area contributed by atoms with Gasteiger partial charge in [-0.15, -0.1) is 0 Å². The molecule has 1 aromatic carbocycles. The first kappa shape index (κ1) is 15.0. The van der Waals surface area contributed by atoms with Crippen LogP contribution in [0.1, 0.15) is 16.8 Å². The van der Waals surface area contributed by atoms with E-state index >= 15 is 0 Å². The highest BCUT2D eigenvalue weighted by Gasteiger charge is 2.31. The van der Waals surface area contributed by atoms with Gasteiger partial charge in [0, 0.05) is 31.4 Å². The topological polar surface area (TPSA) is 51.7 Å². The Labute approximate surface area is 141 Å². The molecule has 0 saturated carbocycles. The Morgan fingerprint density at radius 3 is 3.12 bits per heavy atom. The van der Waals surface area contributed by atoms with Crippen molar-refractivity contribution >= 4 is 5.91 Å². The fourth-order valence-corrected chi connectivity index (χ4v) is 3.47. The Bertz CT molecular complexity index is 775. The van der Waals surface area contributed by atoms with Crippen molar-refractivity contribution in [2.45, 2.75) is 19.4 Å². The lowest BCUT2D eigenvalue weighted by atomic mass is 9.94. The number of pyridine rings is 1. The van der Waals surface area contributed by atoms with E-state index in [2.05, 4.69) is 11.1 Å². The molecule has 0 radical (unpaired) electrons. The van der Waals surface area contributed by atoms with E-state index in [1.54, 1.807) is 7.11 Å². The average molecular weight is 324 g/mol. The molecule has 5 nitrogen and oxygen atoms in total. The van der Waals surface area contributed by atoms with Crippen molar-refractivity contribution in [1.29, 1.82) is 0 Å². The van der Waals surface area contributed by atoms with Crippen molar-refractivity contribution in [2.24, 2.45) is 5.92 Å². The molecule has 0 saturated heterocycles. The summed E-state index contributed by atoms with van der Waals surface area (Å²) in [4.78, 5) is 19.3. The summed E-state index contributed by atoms with van der Waals surface area (Å²) in [5, 5.41) is 0. The van der Waals surface area contributed by atoms with Gasteiger partial charge in [-0.25, -0.2) is 0 Å². The maximum Gasteiger partial charge on any atom is 0.229 e. The highest BCUT2D eigenvalue weighted by Crippen LogP contribution is 2.32. The van der Waals surface area contributed by atoms with Crippen LogP contribution >= 0.6 is 0 Å². The normalized spacial score (nSPS) is 19.0. The van der Waals surface area contributed by atoms with Gasteiger partial charge in [-0.2, -0.15) is 0 Å². The van der Waals surface area contributed by atoms with Gasteiger partial charge in [0.15, 0.2) is 0 Å². The lowest BCUT2D eigenvalue weighted by molar-refractivity contribution is -0.137. The molecule has 124 valence electrons. The standard InChI is InChI=1S/C19H20N2O3/c1-23-16-4-5-18-14(10-16)9-15(12-24-18)19(22)21-8-6-17-13(11-21)3-2-7-20-17/h2-5,7,10,15H,6,8-9,11-12H2,1H3/t15-/m0/s1. The summed E-state index contributed by atoms with van der Waals surface area (Å²) >= 11 is 0. The summed E-state index contributed by atoms with van der Waals surface area (Å²) in [6.07, 6.45) is 3.33. The Morgan fingerprint density at radius 2 is 2.25 bits per heavy atom. The van der Waals surface area contributed by atoms with E-state index in [-0.39, 0.29) is 11.8 Å². The van der Waals surface area contributed by atoms with Crippen LogP contribution in [0, 0.1) is 5.92 Å². The van der Waals surface area contributed by atoms with Crippen LogP contribution in [0.3, 0.4) is 0 Å². The van der Waals surface area contributed by atoms with Crippen LogP contribution in [0.5, 0.6) is 11.5 Å². The summed E-state index contributed by atoms with van der Waals surface area (Å²) in [5.74, 6) is 1.68. The van der Waals surface area contributed by atoms with E-state index < -0.39 is 0 Å². The second-order valence-electron chi connectivity index (χ2n) is 6.30. The molecular weight excluding hydrogens is 304 g/mol. The Balaban J connectivity index is 1.50. The van der Waals surface area contributed by atoms with Crippen LogP contribution in [0.4, 0.5) is 0 Å². The Kier molecular flexibility index (Phi) is 3.84. The van der Waals surface area contributed by atoms with Crippen molar-refractivity contribution in [3.8, 4) is 11.5 Å². The number of benzene rings is 1. The molecule has 1 aromatic heterocycles. The molecule has 4 rings (SSSR count). The molecule has 0 bridgehead atoms. The molecule has 0 unspecified atom stereocenters. The van der Waals surface area contributed by atoms with Crippen molar-refractivity contribution in [3.63, 3.8) is 0 Å².